The maximum atomic E-state index is 12.1. The molecule has 0 aliphatic heterocycles. The average molecular weight is 342 g/mol. The van der Waals surface area contributed by atoms with Crippen LogP contribution in [0.2, 0.25) is 5.02 Å². The highest BCUT2D eigenvalue weighted by Crippen LogP contribution is 2.26. The number of carbonyl (C=O) groups excluding carboxylic acids is 2. The van der Waals surface area contributed by atoms with Crippen LogP contribution in [0.3, 0.4) is 0 Å². The van der Waals surface area contributed by atoms with Crippen LogP contribution in [0.4, 0.5) is 5.13 Å². The molecule has 0 saturated carbocycles. The lowest BCUT2D eigenvalue weighted by Gasteiger charge is -2.02. The second kappa shape index (κ2) is 7.02. The van der Waals surface area contributed by atoms with Gasteiger partial charge in [-0.3, -0.25) is 9.59 Å². The highest BCUT2D eigenvalue weighted by atomic mass is 35.5. The quantitative estimate of drug-likeness (QED) is 0.512. The monoisotopic (exact) mass is 341 g/mol. The molecule has 0 atom stereocenters. The average Bonchev–Trinajstić information content (AvgIpc) is 2.86. The number of thioether (sulfide) groups is 1. The summed E-state index contributed by atoms with van der Waals surface area (Å²) >= 11 is 8.47. The number of benzene rings is 1. The molecule has 1 aromatic carbocycles. The molecule has 0 spiro atoms. The summed E-state index contributed by atoms with van der Waals surface area (Å²) < 4.78 is 0.637. The summed E-state index contributed by atoms with van der Waals surface area (Å²) in [5, 5.41) is 11.4. The molecule has 0 aliphatic carbocycles. The molecule has 1 aromatic heterocycles. The van der Waals surface area contributed by atoms with Crippen molar-refractivity contribution in [3.05, 3.63) is 34.3 Å². The van der Waals surface area contributed by atoms with Gasteiger partial charge in [-0.05, 0) is 30.7 Å². The minimum Gasteiger partial charge on any atom is -0.301 e. The van der Waals surface area contributed by atoms with Gasteiger partial charge < -0.3 is 5.32 Å². The predicted molar refractivity (Wildman–Crippen MR) is 85.5 cm³/mol. The van der Waals surface area contributed by atoms with Gasteiger partial charge in [0.05, 0.1) is 5.75 Å². The van der Waals surface area contributed by atoms with Crippen molar-refractivity contribution < 1.29 is 9.59 Å². The van der Waals surface area contributed by atoms with Crippen LogP contribution < -0.4 is 5.32 Å². The van der Waals surface area contributed by atoms with Gasteiger partial charge in [-0.15, -0.1) is 10.2 Å². The van der Waals surface area contributed by atoms with Gasteiger partial charge in [-0.1, -0.05) is 34.7 Å². The molecule has 5 nitrogen and oxygen atoms in total. The Bertz CT molecular complexity index is 688. The number of nitrogens with zero attached hydrogens (tertiary/aromatic N) is 2. The second-order valence-electron chi connectivity index (χ2n) is 4.23. The summed E-state index contributed by atoms with van der Waals surface area (Å²) in [6.45, 7) is 3.26. The number of carbonyl (C=O) groups is 2. The molecule has 21 heavy (non-hydrogen) atoms. The molecule has 0 unspecified atom stereocenters. The van der Waals surface area contributed by atoms with Crippen molar-refractivity contribution in [3.8, 4) is 0 Å². The predicted octanol–water partition coefficient (Wildman–Crippen LogP) is 3.43. The number of amides is 1. The van der Waals surface area contributed by atoms with E-state index in [1.54, 1.807) is 18.2 Å². The smallest absolute Gasteiger partial charge is 0.223 e. The number of halogens is 1. The van der Waals surface area contributed by atoms with Crippen LogP contribution in [0.15, 0.2) is 22.5 Å². The Hall–Kier alpha value is -1.44. The van der Waals surface area contributed by atoms with Gasteiger partial charge >= 0.3 is 0 Å². The van der Waals surface area contributed by atoms with E-state index in [-0.39, 0.29) is 17.4 Å². The summed E-state index contributed by atoms with van der Waals surface area (Å²) in [5.74, 6) is 0.0573. The van der Waals surface area contributed by atoms with Crippen molar-refractivity contribution in [1.29, 1.82) is 0 Å². The molecule has 0 aliphatic rings. The molecular weight excluding hydrogens is 330 g/mol. The summed E-state index contributed by atoms with van der Waals surface area (Å²) in [6, 6.07) is 5.20. The van der Waals surface area contributed by atoms with E-state index < -0.39 is 0 Å². The summed E-state index contributed by atoms with van der Waals surface area (Å²) in [7, 11) is 0. The van der Waals surface area contributed by atoms with E-state index in [4.69, 9.17) is 11.6 Å². The van der Waals surface area contributed by atoms with E-state index in [0.29, 0.717) is 20.1 Å². The number of hydrogen-bond donors (Lipinski definition) is 1. The number of nitrogens with one attached hydrogen (secondary N) is 1. The largest absolute Gasteiger partial charge is 0.301 e. The normalized spacial score (nSPS) is 10.4. The zero-order valence-electron chi connectivity index (χ0n) is 11.3. The molecule has 2 rings (SSSR count). The Morgan fingerprint density at radius 2 is 2.14 bits per heavy atom. The Morgan fingerprint density at radius 3 is 2.81 bits per heavy atom. The lowest BCUT2D eigenvalue weighted by molar-refractivity contribution is -0.114. The topological polar surface area (TPSA) is 72.0 Å². The first kappa shape index (κ1) is 15.9. The van der Waals surface area contributed by atoms with Crippen LogP contribution in [-0.4, -0.2) is 27.6 Å². The van der Waals surface area contributed by atoms with Crippen LogP contribution in [0.25, 0.3) is 0 Å². The van der Waals surface area contributed by atoms with Gasteiger partial charge in [0, 0.05) is 17.5 Å². The molecule has 0 bridgehead atoms. The molecule has 1 amide bonds. The SMILES string of the molecule is CC(=O)Nc1nnc(SCC(=O)c2ccc(Cl)c(C)c2)s1. The van der Waals surface area contributed by atoms with Crippen LogP contribution in [-0.2, 0) is 4.79 Å². The Kier molecular flexibility index (Phi) is 5.33. The van der Waals surface area contributed by atoms with Gasteiger partial charge in [-0.2, -0.15) is 0 Å². The summed E-state index contributed by atoms with van der Waals surface area (Å²) in [5.41, 5.74) is 1.49. The van der Waals surface area contributed by atoms with Gasteiger partial charge in [0.25, 0.3) is 0 Å². The molecule has 0 radical (unpaired) electrons. The number of Topliss-reactive ketones (excluding diaryl/α,β-unsaturated/α-hetero) is 1. The van der Waals surface area contributed by atoms with Crippen molar-refractivity contribution in [2.75, 3.05) is 11.1 Å². The van der Waals surface area contributed by atoms with Crippen LogP contribution in [0.1, 0.15) is 22.8 Å². The third kappa shape index (κ3) is 4.52. The van der Waals surface area contributed by atoms with Gasteiger partial charge in [-0.25, -0.2) is 0 Å². The molecule has 110 valence electrons. The maximum Gasteiger partial charge on any atom is 0.223 e. The number of hydrogen-bond acceptors (Lipinski definition) is 6. The van der Waals surface area contributed by atoms with Crippen molar-refractivity contribution in [3.63, 3.8) is 0 Å². The van der Waals surface area contributed by atoms with Crippen LogP contribution in [0.5, 0.6) is 0 Å². The standard InChI is InChI=1S/C13H12ClN3O2S2/c1-7-5-9(3-4-10(7)14)11(19)6-20-13-17-16-12(21-13)15-8(2)18/h3-5H,6H2,1-2H3,(H,15,16,18). The lowest BCUT2D eigenvalue weighted by atomic mass is 10.1. The molecular formula is C13H12ClN3O2S2. The Labute approximate surface area is 135 Å². The van der Waals surface area contributed by atoms with Crippen LogP contribution >= 0.6 is 34.7 Å². The van der Waals surface area contributed by atoms with Gasteiger partial charge in [0.15, 0.2) is 10.1 Å². The minimum atomic E-state index is -0.199. The third-order valence-corrected chi connectivity index (χ3v) is 4.89. The molecule has 1 heterocycles. The summed E-state index contributed by atoms with van der Waals surface area (Å²) in [6.07, 6.45) is 0. The summed E-state index contributed by atoms with van der Waals surface area (Å²) in [4.78, 5) is 23.0. The van der Waals surface area contributed by atoms with Crippen molar-refractivity contribution in [1.82, 2.24) is 10.2 Å². The second-order valence-corrected chi connectivity index (χ2v) is 6.84. The van der Waals surface area contributed by atoms with E-state index in [9.17, 15) is 9.59 Å². The number of ketones is 1. The first-order chi connectivity index (χ1) is 9.95. The minimum absolute atomic E-state index is 0.00366. The van der Waals surface area contributed by atoms with Crippen LogP contribution in [0, 0.1) is 6.92 Å². The number of aromatic nitrogens is 2. The van der Waals surface area contributed by atoms with E-state index in [0.717, 1.165) is 5.56 Å². The number of anilines is 1. The Morgan fingerprint density at radius 1 is 1.38 bits per heavy atom. The fourth-order valence-corrected chi connectivity index (χ4v) is 3.31. The fraction of sp³-hybridized carbons (Fsp3) is 0.231. The molecule has 1 N–H and O–H groups in total. The van der Waals surface area contributed by atoms with E-state index in [2.05, 4.69) is 15.5 Å². The zero-order valence-corrected chi connectivity index (χ0v) is 13.7. The lowest BCUT2D eigenvalue weighted by Crippen LogP contribution is -2.04. The zero-order chi connectivity index (χ0) is 15.4. The van der Waals surface area contributed by atoms with Crippen molar-refractivity contribution in [2.24, 2.45) is 0 Å². The van der Waals surface area contributed by atoms with Crippen molar-refractivity contribution in [2.45, 2.75) is 18.2 Å². The van der Waals surface area contributed by atoms with E-state index >= 15 is 0 Å². The highest BCUT2D eigenvalue weighted by Gasteiger charge is 2.11. The van der Waals surface area contributed by atoms with Crippen molar-refractivity contribution >= 4 is 51.5 Å². The fourth-order valence-electron chi connectivity index (χ4n) is 1.50. The first-order valence-corrected chi connectivity index (χ1v) is 8.17. The molecule has 0 fully saturated rings. The number of rotatable bonds is 5. The third-order valence-electron chi connectivity index (χ3n) is 2.50. The highest BCUT2D eigenvalue weighted by molar-refractivity contribution is 8.01. The van der Waals surface area contributed by atoms with E-state index in [1.165, 1.54) is 30.0 Å². The first-order valence-electron chi connectivity index (χ1n) is 5.99. The Balaban J connectivity index is 1.95. The molecule has 0 saturated heterocycles. The molecule has 2 aromatic rings. The van der Waals surface area contributed by atoms with Gasteiger partial charge in [0.2, 0.25) is 11.0 Å². The van der Waals surface area contributed by atoms with Gasteiger partial charge in [0.1, 0.15) is 0 Å². The van der Waals surface area contributed by atoms with E-state index in [1.807, 2.05) is 6.92 Å². The molecule has 8 heteroatoms. The number of aryl methyl sites for hydroxylation is 1. The maximum absolute atomic E-state index is 12.1.